The summed E-state index contributed by atoms with van der Waals surface area (Å²) < 4.78 is 43.0. The van der Waals surface area contributed by atoms with Gasteiger partial charge < -0.3 is 13.9 Å². The Morgan fingerprint density at radius 1 is 1.31 bits per heavy atom. The predicted molar refractivity (Wildman–Crippen MR) is 115 cm³/mol. The van der Waals surface area contributed by atoms with Crippen LogP contribution in [0, 0.1) is 5.92 Å². The van der Waals surface area contributed by atoms with Crippen molar-refractivity contribution >= 4 is 54.0 Å². The van der Waals surface area contributed by atoms with E-state index in [1.807, 2.05) is 13.8 Å². The summed E-state index contributed by atoms with van der Waals surface area (Å²) >= 11 is 3.43. The number of Topliss-reactive ketones (excluding diaryl/α,β-unsaturated/α-hetero) is 1. The number of furan rings is 1. The molecule has 2 unspecified atom stereocenters. The van der Waals surface area contributed by atoms with Gasteiger partial charge in [0.2, 0.25) is 16.3 Å². The number of benzene rings is 1. The molecule has 1 aromatic carbocycles. The Morgan fingerprint density at radius 2 is 2.00 bits per heavy atom. The lowest BCUT2D eigenvalue weighted by atomic mass is 9.95. The summed E-state index contributed by atoms with van der Waals surface area (Å²) in [7, 11) is -2.00. The van der Waals surface area contributed by atoms with Gasteiger partial charge in [-0.3, -0.25) is 9.10 Å². The van der Waals surface area contributed by atoms with E-state index in [9.17, 15) is 13.2 Å². The minimum atomic E-state index is -3.46. The zero-order valence-corrected chi connectivity index (χ0v) is 19.4. The molecule has 1 aliphatic heterocycles. The molecule has 0 radical (unpaired) electrons. The van der Waals surface area contributed by atoms with Gasteiger partial charge in [0.25, 0.3) is 0 Å². The number of hydrogen-bond donors (Lipinski definition) is 0. The number of ketones is 1. The number of ether oxygens (including phenoxy) is 2. The van der Waals surface area contributed by atoms with Gasteiger partial charge in [-0.1, -0.05) is 13.8 Å². The second-order valence-electron chi connectivity index (χ2n) is 6.93. The van der Waals surface area contributed by atoms with Crippen molar-refractivity contribution in [3.05, 3.63) is 34.2 Å². The average Bonchev–Trinajstić information content (AvgIpc) is 3.19. The van der Waals surface area contributed by atoms with Crippen LogP contribution in [-0.4, -0.2) is 40.4 Å². The average molecular weight is 486 g/mol. The van der Waals surface area contributed by atoms with Crippen LogP contribution in [0.3, 0.4) is 0 Å². The lowest BCUT2D eigenvalue weighted by molar-refractivity contribution is -0.107. The Morgan fingerprint density at radius 3 is 2.59 bits per heavy atom. The van der Waals surface area contributed by atoms with E-state index in [-0.39, 0.29) is 11.7 Å². The molecule has 0 fully saturated rings. The minimum Gasteiger partial charge on any atom is -0.471 e. The van der Waals surface area contributed by atoms with Crippen LogP contribution in [0.1, 0.15) is 43.3 Å². The van der Waals surface area contributed by atoms with Crippen molar-refractivity contribution in [1.82, 2.24) is 0 Å². The van der Waals surface area contributed by atoms with Crippen LogP contribution in [0.4, 0.5) is 5.69 Å². The van der Waals surface area contributed by atoms with Crippen LogP contribution < -0.4 is 4.31 Å². The molecule has 0 spiro atoms. The molecule has 2 heterocycles. The molecule has 7 nitrogen and oxygen atoms in total. The van der Waals surface area contributed by atoms with Crippen LogP contribution in [0.25, 0.3) is 16.5 Å². The van der Waals surface area contributed by atoms with Gasteiger partial charge in [0.15, 0.2) is 5.78 Å². The van der Waals surface area contributed by atoms with Crippen LogP contribution in [0.15, 0.2) is 27.3 Å². The van der Waals surface area contributed by atoms with E-state index in [4.69, 9.17) is 13.9 Å². The second-order valence-corrected chi connectivity index (χ2v) is 9.80. The second kappa shape index (κ2) is 8.12. The van der Waals surface area contributed by atoms with Gasteiger partial charge in [0.1, 0.15) is 11.3 Å². The molecule has 0 bridgehead atoms. The molecule has 9 heteroatoms. The van der Waals surface area contributed by atoms with E-state index in [1.54, 1.807) is 25.3 Å². The number of carbonyl (C=O) groups excluding carboxylic acids is 1. The lowest BCUT2D eigenvalue weighted by Gasteiger charge is -2.18. The highest BCUT2D eigenvalue weighted by Crippen LogP contribution is 2.42. The summed E-state index contributed by atoms with van der Waals surface area (Å²) in [4.78, 5) is 12.8. The third-order valence-electron chi connectivity index (χ3n) is 5.02. The van der Waals surface area contributed by atoms with Crippen molar-refractivity contribution in [1.29, 1.82) is 0 Å². The van der Waals surface area contributed by atoms with Crippen molar-refractivity contribution in [3.8, 4) is 0 Å². The smallest absolute Gasteiger partial charge is 0.232 e. The van der Waals surface area contributed by atoms with Gasteiger partial charge >= 0.3 is 0 Å². The Kier molecular flexibility index (Phi) is 6.12. The van der Waals surface area contributed by atoms with E-state index in [2.05, 4.69) is 15.9 Å². The molecule has 0 saturated carbocycles. The van der Waals surface area contributed by atoms with Crippen LogP contribution >= 0.6 is 15.9 Å². The molecular formula is C20H24BrNO6S. The van der Waals surface area contributed by atoms with E-state index in [0.29, 0.717) is 45.5 Å². The maximum atomic E-state index is 12.8. The molecule has 1 aliphatic rings. The number of halogens is 1. The van der Waals surface area contributed by atoms with Crippen molar-refractivity contribution in [3.63, 3.8) is 0 Å². The summed E-state index contributed by atoms with van der Waals surface area (Å²) in [5.41, 5.74) is 2.06. The number of nitrogens with zero attached hydrogens (tertiary/aromatic N) is 1. The van der Waals surface area contributed by atoms with Gasteiger partial charge in [0, 0.05) is 41.6 Å². The first-order valence-corrected chi connectivity index (χ1v) is 11.9. The number of carbonyl (C=O) groups is 1. The van der Waals surface area contributed by atoms with Crippen molar-refractivity contribution in [2.24, 2.45) is 5.92 Å². The van der Waals surface area contributed by atoms with Crippen LogP contribution in [0.2, 0.25) is 0 Å². The maximum Gasteiger partial charge on any atom is 0.232 e. The molecule has 3 rings (SSSR count). The number of rotatable bonds is 7. The molecule has 0 aliphatic carbocycles. The molecule has 0 amide bonds. The molecular weight excluding hydrogens is 462 g/mol. The molecule has 2 aromatic rings. The third kappa shape index (κ3) is 3.95. The monoisotopic (exact) mass is 485 g/mol. The minimum absolute atomic E-state index is 0.0668. The molecule has 0 N–H and O–H groups in total. The summed E-state index contributed by atoms with van der Waals surface area (Å²) in [5, 5.41) is 0.623. The largest absolute Gasteiger partial charge is 0.471 e. The molecule has 1 aromatic heterocycles. The summed E-state index contributed by atoms with van der Waals surface area (Å²) in [6, 6.07) is 3.35. The zero-order valence-electron chi connectivity index (χ0n) is 17.0. The quantitative estimate of drug-likeness (QED) is 0.534. The Balaban J connectivity index is 2.20. The van der Waals surface area contributed by atoms with E-state index in [1.165, 1.54) is 7.05 Å². The topological polar surface area (TPSA) is 86.1 Å². The highest BCUT2D eigenvalue weighted by Gasteiger charge is 2.35. The maximum absolute atomic E-state index is 12.8. The fourth-order valence-corrected chi connectivity index (χ4v) is 4.54. The lowest BCUT2D eigenvalue weighted by Crippen LogP contribution is -2.25. The fourth-order valence-electron chi connectivity index (χ4n) is 3.30. The molecule has 29 heavy (non-hydrogen) atoms. The van der Waals surface area contributed by atoms with E-state index in [0.717, 1.165) is 16.1 Å². The first-order valence-electron chi connectivity index (χ1n) is 9.30. The standard InChI is InChI=1S/C20H24BrNO6S/c1-6-16(23)18-12-8-14(21)15(22(4)29(5,24)25)9-17(12)28-19(18)13-10-27-20(11(13)3)26-7-2/h8-11,20H,6-7H2,1-5H3. The van der Waals surface area contributed by atoms with Gasteiger partial charge in [-0.05, 0) is 28.9 Å². The van der Waals surface area contributed by atoms with Crippen molar-refractivity contribution < 1.29 is 27.1 Å². The van der Waals surface area contributed by atoms with Crippen LogP contribution in [0.5, 0.6) is 0 Å². The predicted octanol–water partition coefficient (Wildman–Crippen LogP) is 4.55. The summed E-state index contributed by atoms with van der Waals surface area (Å²) in [6.45, 7) is 6.13. The van der Waals surface area contributed by atoms with Gasteiger partial charge in [-0.15, -0.1) is 0 Å². The number of fused-ring (bicyclic) bond motifs is 1. The first kappa shape index (κ1) is 21.9. The van der Waals surface area contributed by atoms with Crippen molar-refractivity contribution in [2.45, 2.75) is 33.5 Å². The van der Waals surface area contributed by atoms with Crippen LogP contribution in [-0.2, 0) is 19.5 Å². The highest BCUT2D eigenvalue weighted by molar-refractivity contribution is 9.10. The number of sulfonamides is 1. The molecule has 2 atom stereocenters. The summed E-state index contributed by atoms with van der Waals surface area (Å²) in [5.74, 6) is 0.246. The number of hydrogen-bond acceptors (Lipinski definition) is 6. The third-order valence-corrected chi connectivity index (χ3v) is 6.84. The normalized spacial score (nSPS) is 19.3. The number of anilines is 1. The van der Waals surface area contributed by atoms with Crippen molar-refractivity contribution in [2.75, 3.05) is 24.2 Å². The highest BCUT2D eigenvalue weighted by atomic mass is 79.9. The van der Waals surface area contributed by atoms with Gasteiger partial charge in [-0.2, -0.15) is 0 Å². The Labute approximate surface area is 178 Å². The summed E-state index contributed by atoms with van der Waals surface area (Å²) in [6.07, 6.45) is 2.57. The molecule has 158 valence electrons. The Bertz CT molecular complexity index is 1090. The van der Waals surface area contributed by atoms with Gasteiger partial charge in [0.05, 0.1) is 29.7 Å². The SMILES string of the molecule is CCOC1OC=C(c2oc3cc(N(C)S(C)(=O)=O)c(Br)cc3c2C(=O)CC)C1C. The molecule has 0 saturated heterocycles. The van der Waals surface area contributed by atoms with Gasteiger partial charge in [-0.25, -0.2) is 8.42 Å². The van der Waals surface area contributed by atoms with E-state index >= 15 is 0 Å². The zero-order chi connectivity index (χ0) is 21.5. The van der Waals surface area contributed by atoms with E-state index < -0.39 is 16.3 Å². The fraction of sp³-hybridized carbons (Fsp3) is 0.450. The Hall–Kier alpha value is -1.84. The first-order chi connectivity index (χ1) is 13.6.